The number of nitrogens with one attached hydrogen (secondary N) is 2. The highest BCUT2D eigenvalue weighted by molar-refractivity contribution is 7.11. The second-order valence-electron chi connectivity index (χ2n) is 4.68. The Bertz CT molecular complexity index is 461. The fourth-order valence-electron chi connectivity index (χ4n) is 1.70. The lowest BCUT2D eigenvalue weighted by Gasteiger charge is -2.17. The summed E-state index contributed by atoms with van der Waals surface area (Å²) in [7, 11) is 0. The minimum atomic E-state index is -1.01. The molecule has 3 N–H and O–H groups in total. The molecule has 0 aliphatic rings. The number of aliphatic carboxylic acids is 1. The zero-order valence-electron chi connectivity index (χ0n) is 12.0. The molecule has 1 rings (SSSR count). The van der Waals surface area contributed by atoms with Gasteiger partial charge in [-0.3, -0.25) is 0 Å². The van der Waals surface area contributed by atoms with E-state index in [2.05, 4.69) is 15.6 Å². The number of carboxylic acids is 1. The van der Waals surface area contributed by atoms with Gasteiger partial charge in [0.1, 0.15) is 11.0 Å². The molecule has 112 valence electrons. The summed E-state index contributed by atoms with van der Waals surface area (Å²) in [5.41, 5.74) is 0. The van der Waals surface area contributed by atoms with Crippen LogP contribution in [-0.2, 0) is 4.79 Å². The first-order chi connectivity index (χ1) is 9.43. The highest BCUT2D eigenvalue weighted by Gasteiger charge is 2.20. The van der Waals surface area contributed by atoms with Crippen LogP contribution in [-0.4, -0.2) is 28.1 Å². The standard InChI is InChI=1S/C13H21N3O3S/c1-4-5-6-10(12(17)18)16-13(19)15-9(3)11-14-7-8(2)20-11/h7,9-10H,4-6H2,1-3H3,(H,17,18)(H2,15,16,19)/t9?,10-/m0/s1. The van der Waals surface area contributed by atoms with Gasteiger partial charge in [-0.2, -0.15) is 0 Å². The van der Waals surface area contributed by atoms with E-state index in [1.807, 2.05) is 20.8 Å². The van der Waals surface area contributed by atoms with Crippen molar-refractivity contribution in [3.8, 4) is 0 Å². The summed E-state index contributed by atoms with van der Waals surface area (Å²) >= 11 is 1.51. The number of nitrogens with zero attached hydrogens (tertiary/aromatic N) is 1. The van der Waals surface area contributed by atoms with Crippen LogP contribution in [0.1, 0.15) is 49.0 Å². The molecule has 7 heteroatoms. The number of carbonyl (C=O) groups is 2. The molecule has 1 heterocycles. The first-order valence-corrected chi connectivity index (χ1v) is 7.47. The zero-order valence-corrected chi connectivity index (χ0v) is 12.8. The van der Waals surface area contributed by atoms with Crippen molar-refractivity contribution in [3.63, 3.8) is 0 Å². The van der Waals surface area contributed by atoms with Gasteiger partial charge in [0.05, 0.1) is 6.04 Å². The third-order valence-electron chi connectivity index (χ3n) is 2.81. The molecule has 0 aliphatic heterocycles. The molecule has 0 fully saturated rings. The number of amides is 2. The summed E-state index contributed by atoms with van der Waals surface area (Å²) in [6, 6.07) is -1.57. The molecule has 0 spiro atoms. The van der Waals surface area contributed by atoms with E-state index in [4.69, 9.17) is 5.11 Å². The summed E-state index contributed by atoms with van der Waals surface area (Å²) in [6.45, 7) is 5.74. The minimum absolute atomic E-state index is 0.241. The van der Waals surface area contributed by atoms with Crippen molar-refractivity contribution >= 4 is 23.3 Å². The van der Waals surface area contributed by atoms with Crippen LogP contribution >= 0.6 is 11.3 Å². The lowest BCUT2D eigenvalue weighted by molar-refractivity contribution is -0.139. The van der Waals surface area contributed by atoms with Crippen LogP contribution in [0.5, 0.6) is 0 Å². The molecular weight excluding hydrogens is 278 g/mol. The Morgan fingerprint density at radius 1 is 1.45 bits per heavy atom. The number of unbranched alkanes of at least 4 members (excludes halogenated alkanes) is 1. The average Bonchev–Trinajstić information content (AvgIpc) is 2.80. The highest BCUT2D eigenvalue weighted by Crippen LogP contribution is 2.18. The summed E-state index contributed by atoms with van der Waals surface area (Å²) in [5, 5.41) is 15.0. The van der Waals surface area contributed by atoms with Crippen LogP contribution in [0.2, 0.25) is 0 Å². The fourth-order valence-corrected chi connectivity index (χ4v) is 2.47. The summed E-state index contributed by atoms with van der Waals surface area (Å²) in [5.74, 6) is -1.01. The first kappa shape index (κ1) is 16.4. The Balaban J connectivity index is 2.50. The molecule has 2 amide bonds. The van der Waals surface area contributed by atoms with E-state index in [9.17, 15) is 9.59 Å². The maximum Gasteiger partial charge on any atom is 0.326 e. The molecule has 1 aromatic heterocycles. The Kier molecular flexibility index (Phi) is 6.44. The monoisotopic (exact) mass is 299 g/mol. The van der Waals surface area contributed by atoms with Gasteiger partial charge in [0, 0.05) is 11.1 Å². The smallest absolute Gasteiger partial charge is 0.326 e. The maximum atomic E-state index is 11.8. The second-order valence-corrected chi connectivity index (χ2v) is 5.95. The SMILES string of the molecule is CCCC[C@H](NC(=O)NC(C)c1ncc(C)s1)C(=O)O. The highest BCUT2D eigenvalue weighted by atomic mass is 32.1. The number of aryl methyl sites for hydroxylation is 1. The lowest BCUT2D eigenvalue weighted by Crippen LogP contribution is -2.46. The normalized spacial score (nSPS) is 13.6. The van der Waals surface area contributed by atoms with Gasteiger partial charge in [-0.1, -0.05) is 19.8 Å². The van der Waals surface area contributed by atoms with Gasteiger partial charge in [0.2, 0.25) is 0 Å². The molecular formula is C13H21N3O3S. The minimum Gasteiger partial charge on any atom is -0.480 e. The Morgan fingerprint density at radius 3 is 2.65 bits per heavy atom. The zero-order chi connectivity index (χ0) is 15.1. The number of hydrogen-bond acceptors (Lipinski definition) is 4. The topological polar surface area (TPSA) is 91.3 Å². The number of rotatable bonds is 7. The van der Waals surface area contributed by atoms with E-state index in [0.717, 1.165) is 22.7 Å². The van der Waals surface area contributed by atoms with Crippen LogP contribution in [0.25, 0.3) is 0 Å². The predicted octanol–water partition coefficient (Wildman–Crippen LogP) is 2.46. The quantitative estimate of drug-likeness (QED) is 0.721. The number of thiazole rings is 1. The Labute approximate surface area is 122 Å². The summed E-state index contributed by atoms with van der Waals surface area (Å²) < 4.78 is 0. The third-order valence-corrected chi connectivity index (χ3v) is 3.90. The van der Waals surface area contributed by atoms with Crippen molar-refractivity contribution in [2.45, 2.75) is 52.1 Å². The van der Waals surface area contributed by atoms with Crippen LogP contribution in [0.4, 0.5) is 4.79 Å². The van der Waals surface area contributed by atoms with E-state index in [1.165, 1.54) is 11.3 Å². The molecule has 6 nitrogen and oxygen atoms in total. The number of carboxylic acid groups (broad SMARTS) is 1. The van der Waals surface area contributed by atoms with Crippen LogP contribution < -0.4 is 10.6 Å². The van der Waals surface area contributed by atoms with E-state index in [-0.39, 0.29) is 6.04 Å². The van der Waals surface area contributed by atoms with Crippen LogP contribution in [0.15, 0.2) is 6.20 Å². The van der Waals surface area contributed by atoms with Crippen LogP contribution in [0, 0.1) is 6.92 Å². The van der Waals surface area contributed by atoms with Gasteiger partial charge in [-0.15, -0.1) is 11.3 Å². The average molecular weight is 299 g/mol. The summed E-state index contributed by atoms with van der Waals surface area (Å²) in [4.78, 5) is 28.1. The number of aromatic nitrogens is 1. The van der Waals surface area contributed by atoms with Crippen molar-refractivity contribution in [2.24, 2.45) is 0 Å². The van der Waals surface area contributed by atoms with Gasteiger partial charge in [0.25, 0.3) is 0 Å². The fraction of sp³-hybridized carbons (Fsp3) is 0.615. The van der Waals surface area contributed by atoms with Gasteiger partial charge in [-0.05, 0) is 20.3 Å². The molecule has 0 aliphatic carbocycles. The molecule has 0 bridgehead atoms. The maximum absolute atomic E-state index is 11.8. The third kappa shape index (κ3) is 5.16. The molecule has 0 saturated carbocycles. The van der Waals surface area contributed by atoms with E-state index in [0.29, 0.717) is 6.42 Å². The van der Waals surface area contributed by atoms with Crippen molar-refractivity contribution in [3.05, 3.63) is 16.1 Å². The molecule has 20 heavy (non-hydrogen) atoms. The van der Waals surface area contributed by atoms with Gasteiger partial charge in [-0.25, -0.2) is 14.6 Å². The summed E-state index contributed by atoms with van der Waals surface area (Å²) in [6.07, 6.45) is 3.84. The van der Waals surface area contributed by atoms with Gasteiger partial charge in [0.15, 0.2) is 0 Å². The molecule has 1 unspecified atom stereocenters. The molecule has 1 aromatic rings. The van der Waals surface area contributed by atoms with Crippen molar-refractivity contribution < 1.29 is 14.7 Å². The molecule has 2 atom stereocenters. The predicted molar refractivity (Wildman–Crippen MR) is 77.9 cm³/mol. The Morgan fingerprint density at radius 2 is 2.15 bits per heavy atom. The number of carbonyl (C=O) groups excluding carboxylic acids is 1. The second kappa shape index (κ2) is 7.84. The van der Waals surface area contributed by atoms with Crippen LogP contribution in [0.3, 0.4) is 0 Å². The van der Waals surface area contributed by atoms with Gasteiger partial charge >= 0.3 is 12.0 Å². The lowest BCUT2D eigenvalue weighted by atomic mass is 10.1. The molecule has 0 saturated heterocycles. The van der Waals surface area contributed by atoms with E-state index in [1.54, 1.807) is 6.20 Å². The van der Waals surface area contributed by atoms with Gasteiger partial charge < -0.3 is 15.7 Å². The number of hydrogen-bond donors (Lipinski definition) is 3. The van der Waals surface area contributed by atoms with Crippen molar-refractivity contribution in [1.82, 2.24) is 15.6 Å². The largest absolute Gasteiger partial charge is 0.480 e. The Hall–Kier alpha value is -1.63. The number of urea groups is 1. The van der Waals surface area contributed by atoms with E-state index >= 15 is 0 Å². The molecule has 0 aromatic carbocycles. The van der Waals surface area contributed by atoms with Crippen molar-refractivity contribution in [2.75, 3.05) is 0 Å². The molecule has 0 radical (unpaired) electrons. The van der Waals surface area contributed by atoms with Crippen molar-refractivity contribution in [1.29, 1.82) is 0 Å². The van der Waals surface area contributed by atoms with E-state index < -0.39 is 18.0 Å². The first-order valence-electron chi connectivity index (χ1n) is 6.66.